The highest BCUT2D eigenvalue weighted by Crippen LogP contribution is 2.32. The highest BCUT2D eigenvalue weighted by Gasteiger charge is 2.18. The SMILES string of the molecule is COc1ccc(OC)c(-c2ccnc(-n3ncc(C(=O)NCc4csc(C)n4)c3C)n2)c1. The predicted molar refractivity (Wildman–Crippen MR) is 120 cm³/mol. The monoisotopic (exact) mass is 450 g/mol. The standard InChI is InChI=1S/C22H22N6O3S/c1-13-18(21(29)24-10-15-12-32-14(2)26-15)11-25-28(13)22-23-8-7-19(27-22)17-9-16(30-3)5-6-20(17)31-4/h5-9,11-12H,10H2,1-4H3,(H,24,29). The molecular formula is C22H22N6O3S. The van der Waals surface area contributed by atoms with E-state index in [0.717, 1.165) is 16.3 Å². The third-order valence-electron chi connectivity index (χ3n) is 4.87. The Balaban J connectivity index is 1.60. The lowest BCUT2D eigenvalue weighted by Gasteiger charge is -2.11. The Bertz CT molecular complexity index is 1270. The molecule has 4 aromatic rings. The lowest BCUT2D eigenvalue weighted by molar-refractivity contribution is 0.0950. The number of aryl methyl sites for hydroxylation is 1. The van der Waals surface area contributed by atoms with Crippen molar-refractivity contribution in [2.24, 2.45) is 0 Å². The number of carbonyl (C=O) groups is 1. The van der Waals surface area contributed by atoms with Gasteiger partial charge >= 0.3 is 0 Å². The average Bonchev–Trinajstić information content (AvgIpc) is 3.42. The molecule has 32 heavy (non-hydrogen) atoms. The van der Waals surface area contributed by atoms with Crippen molar-refractivity contribution in [3.63, 3.8) is 0 Å². The first-order chi connectivity index (χ1) is 15.5. The number of methoxy groups -OCH3 is 2. The summed E-state index contributed by atoms with van der Waals surface area (Å²) < 4.78 is 12.3. The van der Waals surface area contributed by atoms with E-state index in [1.807, 2.05) is 30.5 Å². The van der Waals surface area contributed by atoms with E-state index in [4.69, 9.17) is 9.47 Å². The van der Waals surface area contributed by atoms with Crippen LogP contribution in [0.25, 0.3) is 17.2 Å². The quantitative estimate of drug-likeness (QED) is 0.460. The minimum Gasteiger partial charge on any atom is -0.497 e. The number of aromatic nitrogens is 5. The number of ether oxygens (including phenoxy) is 2. The first-order valence-corrected chi connectivity index (χ1v) is 10.7. The number of nitrogens with zero attached hydrogens (tertiary/aromatic N) is 5. The number of carbonyl (C=O) groups excluding carboxylic acids is 1. The molecule has 4 rings (SSSR count). The van der Waals surface area contributed by atoms with Crippen molar-refractivity contribution in [1.29, 1.82) is 0 Å². The second-order valence-electron chi connectivity index (χ2n) is 6.90. The van der Waals surface area contributed by atoms with Crippen LogP contribution in [0.15, 0.2) is 42.0 Å². The van der Waals surface area contributed by atoms with Gasteiger partial charge in [0.05, 0.1) is 54.6 Å². The van der Waals surface area contributed by atoms with E-state index in [-0.39, 0.29) is 5.91 Å². The van der Waals surface area contributed by atoms with Crippen LogP contribution in [0.5, 0.6) is 11.5 Å². The largest absolute Gasteiger partial charge is 0.497 e. The van der Waals surface area contributed by atoms with Crippen LogP contribution in [-0.2, 0) is 6.54 Å². The molecule has 0 aliphatic heterocycles. The Hall–Kier alpha value is -3.79. The number of rotatable bonds is 7. The predicted octanol–water partition coefficient (Wildman–Crippen LogP) is 3.35. The van der Waals surface area contributed by atoms with E-state index in [1.165, 1.54) is 10.9 Å². The number of amides is 1. The molecule has 1 aromatic carbocycles. The van der Waals surface area contributed by atoms with Crippen LogP contribution in [0.2, 0.25) is 0 Å². The normalized spacial score (nSPS) is 10.8. The summed E-state index contributed by atoms with van der Waals surface area (Å²) in [6, 6.07) is 7.27. The molecule has 10 heteroatoms. The molecule has 9 nitrogen and oxygen atoms in total. The van der Waals surface area contributed by atoms with E-state index in [9.17, 15) is 4.79 Å². The maximum Gasteiger partial charge on any atom is 0.255 e. The zero-order valence-corrected chi connectivity index (χ0v) is 18.9. The number of hydrogen-bond acceptors (Lipinski definition) is 8. The van der Waals surface area contributed by atoms with Crippen molar-refractivity contribution < 1.29 is 14.3 Å². The van der Waals surface area contributed by atoms with E-state index in [2.05, 4.69) is 25.4 Å². The van der Waals surface area contributed by atoms with Crippen LogP contribution in [0.4, 0.5) is 0 Å². The Kier molecular flexibility index (Phi) is 6.13. The highest BCUT2D eigenvalue weighted by atomic mass is 32.1. The van der Waals surface area contributed by atoms with Crippen LogP contribution >= 0.6 is 11.3 Å². The number of thiazole rings is 1. The average molecular weight is 451 g/mol. The Morgan fingerprint density at radius 2 is 2.00 bits per heavy atom. The smallest absolute Gasteiger partial charge is 0.255 e. The first kappa shape index (κ1) is 21.4. The molecule has 1 N–H and O–H groups in total. The van der Waals surface area contributed by atoms with Gasteiger partial charge in [0.25, 0.3) is 11.9 Å². The van der Waals surface area contributed by atoms with Crippen molar-refractivity contribution in [1.82, 2.24) is 30.0 Å². The molecule has 0 radical (unpaired) electrons. The third kappa shape index (κ3) is 4.30. The molecule has 3 heterocycles. The molecule has 1 amide bonds. The second-order valence-corrected chi connectivity index (χ2v) is 7.97. The Labute approximate surface area is 189 Å². The van der Waals surface area contributed by atoms with E-state index < -0.39 is 0 Å². The van der Waals surface area contributed by atoms with Crippen molar-refractivity contribution in [2.75, 3.05) is 14.2 Å². The third-order valence-corrected chi connectivity index (χ3v) is 5.69. The molecule has 0 fully saturated rings. The van der Waals surface area contributed by atoms with Crippen molar-refractivity contribution in [3.8, 4) is 28.7 Å². The van der Waals surface area contributed by atoms with E-state index >= 15 is 0 Å². The molecule has 0 aliphatic rings. The second kappa shape index (κ2) is 9.15. The molecule has 0 unspecified atom stereocenters. The summed E-state index contributed by atoms with van der Waals surface area (Å²) in [5.41, 5.74) is 3.31. The van der Waals surface area contributed by atoms with Crippen LogP contribution in [0.3, 0.4) is 0 Å². The maximum absolute atomic E-state index is 12.7. The topological polar surface area (TPSA) is 104 Å². The van der Waals surface area contributed by atoms with E-state index in [1.54, 1.807) is 44.7 Å². The maximum atomic E-state index is 12.7. The summed E-state index contributed by atoms with van der Waals surface area (Å²) >= 11 is 1.55. The fraction of sp³-hybridized carbons (Fsp3) is 0.227. The van der Waals surface area contributed by atoms with Gasteiger partial charge in [-0.2, -0.15) is 5.10 Å². The highest BCUT2D eigenvalue weighted by molar-refractivity contribution is 7.09. The van der Waals surface area contributed by atoms with Gasteiger partial charge in [0.15, 0.2) is 0 Å². The lowest BCUT2D eigenvalue weighted by atomic mass is 10.1. The minimum atomic E-state index is -0.231. The zero-order valence-electron chi connectivity index (χ0n) is 18.1. The molecule has 0 bridgehead atoms. The molecule has 0 aliphatic carbocycles. The summed E-state index contributed by atoms with van der Waals surface area (Å²) in [4.78, 5) is 26.0. The number of hydrogen-bond donors (Lipinski definition) is 1. The van der Waals surface area contributed by atoms with Crippen LogP contribution in [0, 0.1) is 13.8 Å². The number of benzene rings is 1. The van der Waals surface area contributed by atoms with Gasteiger partial charge in [0.1, 0.15) is 11.5 Å². The van der Waals surface area contributed by atoms with Crippen LogP contribution in [0.1, 0.15) is 26.8 Å². The van der Waals surface area contributed by atoms with Gasteiger partial charge in [-0.05, 0) is 38.1 Å². The van der Waals surface area contributed by atoms with Crippen molar-refractivity contribution in [3.05, 3.63) is 64.0 Å². The van der Waals surface area contributed by atoms with Gasteiger partial charge in [-0.1, -0.05) is 0 Å². The summed E-state index contributed by atoms with van der Waals surface area (Å²) in [6.07, 6.45) is 3.15. The molecule has 164 valence electrons. The fourth-order valence-electron chi connectivity index (χ4n) is 3.20. The summed E-state index contributed by atoms with van der Waals surface area (Å²) in [5, 5.41) is 10.1. The van der Waals surface area contributed by atoms with Gasteiger partial charge < -0.3 is 14.8 Å². The molecule has 3 aromatic heterocycles. The molecule has 0 spiro atoms. The summed E-state index contributed by atoms with van der Waals surface area (Å²) in [7, 11) is 3.20. The van der Waals surface area contributed by atoms with Gasteiger partial charge in [-0.15, -0.1) is 11.3 Å². The molecule has 0 atom stereocenters. The zero-order chi connectivity index (χ0) is 22.7. The van der Waals surface area contributed by atoms with E-state index in [0.29, 0.717) is 40.9 Å². The van der Waals surface area contributed by atoms with Gasteiger partial charge in [0.2, 0.25) is 0 Å². The van der Waals surface area contributed by atoms with Crippen molar-refractivity contribution >= 4 is 17.2 Å². The summed E-state index contributed by atoms with van der Waals surface area (Å²) in [6.45, 7) is 4.09. The number of nitrogens with one attached hydrogen (secondary N) is 1. The Morgan fingerprint density at radius 1 is 1.16 bits per heavy atom. The van der Waals surface area contributed by atoms with Crippen LogP contribution < -0.4 is 14.8 Å². The summed E-state index contributed by atoms with van der Waals surface area (Å²) in [5.74, 6) is 1.46. The fourth-order valence-corrected chi connectivity index (χ4v) is 3.82. The minimum absolute atomic E-state index is 0.231. The van der Waals surface area contributed by atoms with Gasteiger partial charge in [0, 0.05) is 17.1 Å². The van der Waals surface area contributed by atoms with Gasteiger partial charge in [-0.3, -0.25) is 4.79 Å². The van der Waals surface area contributed by atoms with Crippen LogP contribution in [-0.4, -0.2) is 44.9 Å². The molecule has 0 saturated heterocycles. The Morgan fingerprint density at radius 3 is 2.72 bits per heavy atom. The lowest BCUT2D eigenvalue weighted by Crippen LogP contribution is -2.23. The van der Waals surface area contributed by atoms with Crippen molar-refractivity contribution in [2.45, 2.75) is 20.4 Å². The first-order valence-electron chi connectivity index (χ1n) is 9.79. The molecule has 0 saturated carbocycles. The van der Waals surface area contributed by atoms with Gasteiger partial charge in [-0.25, -0.2) is 19.6 Å². The molecular weight excluding hydrogens is 428 g/mol.